The van der Waals surface area contributed by atoms with Crippen LogP contribution < -0.4 is 5.73 Å². The van der Waals surface area contributed by atoms with Crippen molar-refractivity contribution in [2.45, 2.75) is 26.3 Å². The number of aliphatic carboxylic acids is 1. The summed E-state index contributed by atoms with van der Waals surface area (Å²) >= 11 is 0. The third-order valence-electron chi connectivity index (χ3n) is 2.58. The van der Waals surface area contributed by atoms with Crippen molar-refractivity contribution < 1.29 is 19.5 Å². The number of likely N-dealkylation sites (N-methyl/N-ethyl adjacent to an activating group) is 2. The molecule has 0 fully saturated rings. The highest BCUT2D eigenvalue weighted by Gasteiger charge is 2.23. The molecule has 7 nitrogen and oxygen atoms in total. The fraction of sp³-hybridized carbons (Fsp3) is 0.727. The molecule has 18 heavy (non-hydrogen) atoms. The van der Waals surface area contributed by atoms with Gasteiger partial charge in [0.15, 0.2) is 0 Å². The van der Waals surface area contributed by atoms with Crippen LogP contribution in [0.3, 0.4) is 0 Å². The van der Waals surface area contributed by atoms with Crippen molar-refractivity contribution in [3.05, 3.63) is 0 Å². The van der Waals surface area contributed by atoms with Gasteiger partial charge in [-0.15, -0.1) is 0 Å². The van der Waals surface area contributed by atoms with Crippen LogP contribution in [-0.4, -0.2) is 65.4 Å². The first-order valence-corrected chi connectivity index (χ1v) is 5.83. The molecule has 0 aromatic heterocycles. The SMILES string of the molecule is CCN(CC)C(=O)CN(C)C(=O)C(N)CC(=O)O. The molecule has 104 valence electrons. The van der Waals surface area contributed by atoms with Gasteiger partial charge in [0.2, 0.25) is 11.8 Å². The van der Waals surface area contributed by atoms with Crippen LogP contribution in [0.5, 0.6) is 0 Å². The second kappa shape index (κ2) is 7.65. The maximum atomic E-state index is 11.7. The molecule has 0 spiro atoms. The average molecular weight is 259 g/mol. The van der Waals surface area contributed by atoms with Gasteiger partial charge in [0.05, 0.1) is 19.0 Å². The van der Waals surface area contributed by atoms with Crippen LogP contribution in [0.2, 0.25) is 0 Å². The first-order valence-electron chi connectivity index (χ1n) is 5.83. The first kappa shape index (κ1) is 16.4. The summed E-state index contributed by atoms with van der Waals surface area (Å²) in [6, 6.07) is -1.11. The number of carbonyl (C=O) groups excluding carboxylic acids is 2. The van der Waals surface area contributed by atoms with Gasteiger partial charge in [0.25, 0.3) is 0 Å². The molecular formula is C11H21N3O4. The van der Waals surface area contributed by atoms with E-state index in [9.17, 15) is 14.4 Å². The summed E-state index contributed by atoms with van der Waals surface area (Å²) in [5.41, 5.74) is 5.44. The summed E-state index contributed by atoms with van der Waals surface area (Å²) in [5.74, 6) is -1.87. The lowest BCUT2D eigenvalue weighted by Crippen LogP contribution is -2.47. The van der Waals surface area contributed by atoms with Crippen molar-refractivity contribution in [2.24, 2.45) is 5.73 Å². The molecular weight excluding hydrogens is 238 g/mol. The van der Waals surface area contributed by atoms with Crippen LogP contribution in [-0.2, 0) is 14.4 Å². The van der Waals surface area contributed by atoms with Gasteiger partial charge >= 0.3 is 5.97 Å². The van der Waals surface area contributed by atoms with Crippen molar-refractivity contribution in [1.29, 1.82) is 0 Å². The van der Waals surface area contributed by atoms with Crippen molar-refractivity contribution in [3.8, 4) is 0 Å². The van der Waals surface area contributed by atoms with E-state index in [0.717, 1.165) is 4.90 Å². The van der Waals surface area contributed by atoms with Gasteiger partial charge in [0, 0.05) is 20.1 Å². The Morgan fingerprint density at radius 2 is 1.72 bits per heavy atom. The molecule has 0 aliphatic rings. The number of nitrogens with two attached hydrogens (primary N) is 1. The normalized spacial score (nSPS) is 11.8. The quantitative estimate of drug-likeness (QED) is 0.617. The van der Waals surface area contributed by atoms with Crippen LogP contribution in [0.4, 0.5) is 0 Å². The minimum Gasteiger partial charge on any atom is -0.481 e. The summed E-state index contributed by atoms with van der Waals surface area (Å²) in [6.45, 7) is 4.74. The molecule has 3 N–H and O–H groups in total. The zero-order chi connectivity index (χ0) is 14.3. The number of hydrogen-bond donors (Lipinski definition) is 2. The number of hydrogen-bond acceptors (Lipinski definition) is 4. The second-order valence-electron chi connectivity index (χ2n) is 3.96. The van der Waals surface area contributed by atoms with E-state index in [0.29, 0.717) is 13.1 Å². The van der Waals surface area contributed by atoms with Crippen LogP contribution in [0.25, 0.3) is 0 Å². The van der Waals surface area contributed by atoms with Crippen molar-refractivity contribution in [3.63, 3.8) is 0 Å². The van der Waals surface area contributed by atoms with E-state index in [1.54, 1.807) is 4.90 Å². The Bertz CT molecular complexity index is 315. The maximum absolute atomic E-state index is 11.7. The molecule has 0 rings (SSSR count). The third-order valence-corrected chi connectivity index (χ3v) is 2.58. The highest BCUT2D eigenvalue weighted by Crippen LogP contribution is 1.98. The van der Waals surface area contributed by atoms with Crippen molar-refractivity contribution >= 4 is 17.8 Å². The minimum atomic E-state index is -1.14. The number of carboxylic acid groups (broad SMARTS) is 1. The zero-order valence-electron chi connectivity index (χ0n) is 11.0. The maximum Gasteiger partial charge on any atom is 0.305 e. The molecule has 0 radical (unpaired) electrons. The molecule has 0 aromatic rings. The van der Waals surface area contributed by atoms with Gasteiger partial charge in [-0.25, -0.2) is 0 Å². The van der Waals surface area contributed by atoms with Gasteiger partial charge in [-0.3, -0.25) is 14.4 Å². The Labute approximate surface area is 107 Å². The summed E-state index contributed by atoms with van der Waals surface area (Å²) < 4.78 is 0. The van der Waals surface area contributed by atoms with E-state index in [4.69, 9.17) is 10.8 Å². The van der Waals surface area contributed by atoms with E-state index in [1.165, 1.54) is 7.05 Å². The number of carbonyl (C=O) groups is 3. The monoisotopic (exact) mass is 259 g/mol. The van der Waals surface area contributed by atoms with Crippen molar-refractivity contribution in [2.75, 3.05) is 26.7 Å². The Morgan fingerprint density at radius 1 is 1.22 bits per heavy atom. The molecule has 2 amide bonds. The first-order chi connectivity index (χ1) is 8.33. The lowest BCUT2D eigenvalue weighted by molar-refractivity contribution is -0.143. The largest absolute Gasteiger partial charge is 0.481 e. The van der Waals surface area contributed by atoms with Crippen LogP contribution in [0.1, 0.15) is 20.3 Å². The van der Waals surface area contributed by atoms with Crippen molar-refractivity contribution in [1.82, 2.24) is 9.80 Å². The minimum absolute atomic E-state index is 0.0895. The fourth-order valence-corrected chi connectivity index (χ4v) is 1.52. The zero-order valence-corrected chi connectivity index (χ0v) is 11.0. The van der Waals surface area contributed by atoms with Crippen LogP contribution in [0.15, 0.2) is 0 Å². The van der Waals surface area contributed by atoms with Crippen LogP contribution in [0, 0.1) is 0 Å². The van der Waals surface area contributed by atoms with Crippen LogP contribution >= 0.6 is 0 Å². The van der Waals surface area contributed by atoms with E-state index in [-0.39, 0.29) is 12.5 Å². The Morgan fingerprint density at radius 3 is 2.11 bits per heavy atom. The Hall–Kier alpha value is -1.63. The Kier molecular flexibility index (Phi) is 6.96. The number of nitrogens with zero attached hydrogens (tertiary/aromatic N) is 2. The molecule has 7 heteroatoms. The Balaban J connectivity index is 4.39. The van der Waals surface area contributed by atoms with Gasteiger partial charge in [0.1, 0.15) is 0 Å². The molecule has 0 saturated carbocycles. The molecule has 0 saturated heterocycles. The molecule has 0 bridgehead atoms. The number of rotatable bonds is 7. The highest BCUT2D eigenvalue weighted by molar-refractivity contribution is 5.89. The molecule has 0 heterocycles. The lowest BCUT2D eigenvalue weighted by Gasteiger charge is -2.24. The summed E-state index contributed by atoms with van der Waals surface area (Å²) in [6.07, 6.45) is -0.442. The summed E-state index contributed by atoms with van der Waals surface area (Å²) in [7, 11) is 1.44. The molecule has 1 atom stereocenters. The number of amides is 2. The van der Waals surface area contributed by atoms with E-state index >= 15 is 0 Å². The molecule has 0 aliphatic carbocycles. The molecule has 1 unspecified atom stereocenters. The number of carboxylic acids is 1. The average Bonchev–Trinajstić information content (AvgIpc) is 2.28. The standard InChI is InChI=1S/C11H21N3O4/c1-4-14(5-2)9(15)7-13(3)11(18)8(12)6-10(16)17/h8H,4-7,12H2,1-3H3,(H,16,17). The summed E-state index contributed by atoms with van der Waals surface area (Å²) in [4.78, 5) is 36.6. The van der Waals surface area contributed by atoms with E-state index in [2.05, 4.69) is 0 Å². The fourth-order valence-electron chi connectivity index (χ4n) is 1.52. The van der Waals surface area contributed by atoms with E-state index in [1.807, 2.05) is 13.8 Å². The molecule has 0 aromatic carbocycles. The smallest absolute Gasteiger partial charge is 0.305 e. The topological polar surface area (TPSA) is 104 Å². The predicted octanol–water partition coefficient (Wildman–Crippen LogP) is -0.885. The van der Waals surface area contributed by atoms with Gasteiger partial charge in [-0.2, -0.15) is 0 Å². The van der Waals surface area contributed by atoms with Gasteiger partial charge in [-0.1, -0.05) is 0 Å². The third kappa shape index (κ3) is 5.13. The predicted molar refractivity (Wildman–Crippen MR) is 65.8 cm³/mol. The highest BCUT2D eigenvalue weighted by atomic mass is 16.4. The lowest BCUT2D eigenvalue weighted by atomic mass is 10.2. The van der Waals surface area contributed by atoms with Gasteiger partial charge < -0.3 is 20.6 Å². The summed E-state index contributed by atoms with van der Waals surface area (Å²) in [5, 5.41) is 8.53. The van der Waals surface area contributed by atoms with E-state index < -0.39 is 24.3 Å². The molecule has 0 aliphatic heterocycles. The second-order valence-corrected chi connectivity index (χ2v) is 3.96. The van der Waals surface area contributed by atoms with Gasteiger partial charge in [-0.05, 0) is 13.8 Å².